The molecule has 0 atom stereocenters. The average Bonchev–Trinajstić information content (AvgIpc) is 3.62. The fourth-order valence-corrected chi connectivity index (χ4v) is 5.64. The SMILES string of the molecule is Cc1ccc(C(C)C)c(N2C(=O)CS/C2=N\C(=S)NC/C=C\c2ccc(-c3ncn(-c4ccc(OC(F)(F)F)cc4)n3)cc2)c1. The molecule has 0 spiro atoms. The second-order valence-electron chi connectivity index (χ2n) is 10.4. The summed E-state index contributed by atoms with van der Waals surface area (Å²) < 4.78 is 42.6. The second kappa shape index (κ2) is 13.7. The Labute approximate surface area is 268 Å². The van der Waals surface area contributed by atoms with Gasteiger partial charge in [-0.2, -0.15) is 4.99 Å². The molecule has 0 aliphatic carbocycles. The maximum absolute atomic E-state index is 12.8. The second-order valence-corrected chi connectivity index (χ2v) is 11.7. The number of rotatable bonds is 8. The Morgan fingerprint density at radius 2 is 1.87 bits per heavy atom. The van der Waals surface area contributed by atoms with E-state index in [1.54, 1.807) is 4.90 Å². The van der Waals surface area contributed by atoms with Gasteiger partial charge in [0.2, 0.25) is 5.91 Å². The summed E-state index contributed by atoms with van der Waals surface area (Å²) >= 11 is 6.83. The number of ether oxygens (including phenoxy) is 1. The molecule has 1 aliphatic rings. The highest BCUT2D eigenvalue weighted by Gasteiger charge is 2.32. The van der Waals surface area contributed by atoms with Gasteiger partial charge in [-0.15, -0.1) is 18.3 Å². The Morgan fingerprint density at radius 1 is 1.13 bits per heavy atom. The van der Waals surface area contributed by atoms with Gasteiger partial charge in [-0.1, -0.05) is 74.2 Å². The lowest BCUT2D eigenvalue weighted by molar-refractivity contribution is -0.274. The highest BCUT2D eigenvalue weighted by molar-refractivity contribution is 8.15. The lowest BCUT2D eigenvalue weighted by Crippen LogP contribution is -2.32. The molecule has 5 rings (SSSR count). The molecule has 0 saturated carbocycles. The van der Waals surface area contributed by atoms with Crippen molar-refractivity contribution in [1.29, 1.82) is 0 Å². The van der Waals surface area contributed by atoms with Crippen LogP contribution < -0.4 is 15.0 Å². The lowest BCUT2D eigenvalue weighted by Gasteiger charge is -2.22. The molecule has 1 fully saturated rings. The topological polar surface area (TPSA) is 84.6 Å². The van der Waals surface area contributed by atoms with Gasteiger partial charge in [-0.3, -0.25) is 9.69 Å². The molecule has 1 N–H and O–H groups in total. The third-order valence-corrected chi connectivity index (χ3v) is 7.85. The van der Waals surface area contributed by atoms with E-state index in [4.69, 9.17) is 12.2 Å². The van der Waals surface area contributed by atoms with E-state index in [9.17, 15) is 18.0 Å². The van der Waals surface area contributed by atoms with Gasteiger partial charge in [0.15, 0.2) is 16.1 Å². The number of nitrogens with zero attached hydrogens (tertiary/aromatic N) is 5. The van der Waals surface area contributed by atoms with Gasteiger partial charge in [-0.25, -0.2) is 9.67 Å². The van der Waals surface area contributed by atoms with Crippen LogP contribution in [0, 0.1) is 6.92 Å². The molecule has 45 heavy (non-hydrogen) atoms. The molecule has 2 heterocycles. The van der Waals surface area contributed by atoms with Crippen LogP contribution in [0.3, 0.4) is 0 Å². The molecule has 1 saturated heterocycles. The number of aromatic nitrogens is 3. The van der Waals surface area contributed by atoms with Gasteiger partial charge in [0.25, 0.3) is 0 Å². The van der Waals surface area contributed by atoms with Crippen LogP contribution in [0.1, 0.15) is 36.5 Å². The van der Waals surface area contributed by atoms with Crippen LogP contribution >= 0.6 is 24.0 Å². The molecule has 1 amide bonds. The number of thiocarbonyl (C=S) groups is 1. The molecule has 4 aromatic rings. The number of aliphatic imine (C=N–C) groups is 1. The van der Waals surface area contributed by atoms with E-state index in [0.29, 0.717) is 34.1 Å². The van der Waals surface area contributed by atoms with Crippen molar-refractivity contribution in [2.45, 2.75) is 33.1 Å². The average molecular weight is 651 g/mol. The summed E-state index contributed by atoms with van der Waals surface area (Å²) in [5.41, 5.74) is 5.26. The number of hydrogen-bond donors (Lipinski definition) is 1. The zero-order chi connectivity index (χ0) is 32.1. The molecule has 1 aromatic heterocycles. The van der Waals surface area contributed by atoms with Crippen LogP contribution in [0.4, 0.5) is 18.9 Å². The van der Waals surface area contributed by atoms with Crippen molar-refractivity contribution in [3.63, 3.8) is 0 Å². The van der Waals surface area contributed by atoms with E-state index in [1.807, 2.05) is 55.5 Å². The summed E-state index contributed by atoms with van der Waals surface area (Å²) in [7, 11) is 0. The highest BCUT2D eigenvalue weighted by atomic mass is 32.2. The molecular formula is C32H29F3N6O2S2. The Balaban J connectivity index is 1.17. The molecular weight excluding hydrogens is 622 g/mol. The number of anilines is 1. The number of carbonyl (C=O) groups is 1. The fourth-order valence-electron chi connectivity index (χ4n) is 4.55. The molecule has 0 unspecified atom stereocenters. The number of aryl methyl sites for hydroxylation is 1. The summed E-state index contributed by atoms with van der Waals surface area (Å²) in [6.07, 6.45) is 0.596. The Kier molecular flexibility index (Phi) is 9.68. The summed E-state index contributed by atoms with van der Waals surface area (Å²) in [5, 5.41) is 8.39. The molecule has 0 radical (unpaired) electrons. The zero-order valence-corrected chi connectivity index (χ0v) is 26.2. The number of halogens is 3. The maximum atomic E-state index is 12.8. The van der Waals surface area contributed by atoms with Crippen molar-refractivity contribution in [1.82, 2.24) is 20.1 Å². The van der Waals surface area contributed by atoms with E-state index in [0.717, 1.165) is 27.9 Å². The van der Waals surface area contributed by atoms with Crippen molar-refractivity contribution >= 4 is 51.9 Å². The van der Waals surface area contributed by atoms with Gasteiger partial charge >= 0.3 is 6.36 Å². The number of alkyl halides is 3. The van der Waals surface area contributed by atoms with E-state index < -0.39 is 6.36 Å². The standard InChI is InChI=1S/C32H29F3N6O2S2/c1-20(2)26-15-6-21(3)17-27(26)41-28(42)18-45-31(41)38-30(44)36-16-4-5-22-7-9-23(10-8-22)29-37-19-40(39-29)24-11-13-25(14-12-24)43-32(33,34)35/h4-15,17,19-20H,16,18H2,1-3H3,(H,36,44)/b5-4-,38-31-. The summed E-state index contributed by atoms with van der Waals surface area (Å²) in [5.74, 6) is 0.694. The van der Waals surface area contributed by atoms with Gasteiger partial charge in [0.05, 0.1) is 17.1 Å². The normalized spacial score (nSPS) is 14.6. The maximum Gasteiger partial charge on any atom is 0.573 e. The van der Waals surface area contributed by atoms with Crippen molar-refractivity contribution in [3.05, 3.63) is 95.8 Å². The largest absolute Gasteiger partial charge is 0.573 e. The smallest absolute Gasteiger partial charge is 0.406 e. The first-order valence-electron chi connectivity index (χ1n) is 13.9. The van der Waals surface area contributed by atoms with Crippen LogP contribution in [-0.2, 0) is 4.79 Å². The van der Waals surface area contributed by atoms with Crippen molar-refractivity contribution in [2.75, 3.05) is 17.2 Å². The Hall–Kier alpha value is -4.49. The minimum atomic E-state index is -4.75. The first-order chi connectivity index (χ1) is 21.5. The van der Waals surface area contributed by atoms with E-state index in [2.05, 4.69) is 45.0 Å². The van der Waals surface area contributed by atoms with Crippen LogP contribution in [0.15, 0.2) is 84.1 Å². The number of amidine groups is 1. The Bertz CT molecular complexity index is 1750. The minimum Gasteiger partial charge on any atom is -0.406 e. The van der Waals surface area contributed by atoms with Gasteiger partial charge in [0.1, 0.15) is 12.1 Å². The third kappa shape index (κ3) is 8.17. The lowest BCUT2D eigenvalue weighted by atomic mass is 9.99. The van der Waals surface area contributed by atoms with Crippen molar-refractivity contribution in [2.24, 2.45) is 4.99 Å². The van der Waals surface area contributed by atoms with Crippen molar-refractivity contribution < 1.29 is 22.7 Å². The van der Waals surface area contributed by atoms with Gasteiger partial charge in [0, 0.05) is 12.1 Å². The van der Waals surface area contributed by atoms with E-state index in [-0.39, 0.29) is 17.6 Å². The molecule has 232 valence electrons. The van der Waals surface area contributed by atoms with Gasteiger partial charge < -0.3 is 10.1 Å². The number of amides is 1. The molecule has 3 aromatic carbocycles. The van der Waals surface area contributed by atoms with Crippen LogP contribution in [0.2, 0.25) is 0 Å². The molecule has 8 nitrogen and oxygen atoms in total. The number of carbonyl (C=O) groups excluding carboxylic acids is 1. The fraction of sp³-hybridized carbons (Fsp3) is 0.219. The zero-order valence-electron chi connectivity index (χ0n) is 24.6. The predicted octanol–water partition coefficient (Wildman–Crippen LogP) is 7.29. The first kappa shape index (κ1) is 31.9. The highest BCUT2D eigenvalue weighted by Crippen LogP contribution is 2.34. The number of nitrogens with one attached hydrogen (secondary N) is 1. The van der Waals surface area contributed by atoms with Crippen LogP contribution in [0.25, 0.3) is 23.2 Å². The predicted molar refractivity (Wildman–Crippen MR) is 176 cm³/mol. The monoisotopic (exact) mass is 650 g/mol. The van der Waals surface area contributed by atoms with Crippen molar-refractivity contribution in [3.8, 4) is 22.8 Å². The summed E-state index contributed by atoms with van der Waals surface area (Å²) in [6.45, 7) is 6.64. The number of thioether (sulfide) groups is 1. The minimum absolute atomic E-state index is 0.0204. The first-order valence-corrected chi connectivity index (χ1v) is 15.3. The molecule has 13 heteroatoms. The van der Waals surface area contributed by atoms with E-state index in [1.165, 1.54) is 47.0 Å². The van der Waals surface area contributed by atoms with Gasteiger partial charge in [-0.05, 0) is 72.1 Å². The van der Waals surface area contributed by atoms with Crippen LogP contribution in [-0.4, -0.2) is 49.6 Å². The van der Waals surface area contributed by atoms with Crippen LogP contribution in [0.5, 0.6) is 5.75 Å². The molecule has 0 bridgehead atoms. The number of benzene rings is 3. The summed E-state index contributed by atoms with van der Waals surface area (Å²) in [4.78, 5) is 23.3. The quantitative estimate of drug-likeness (QED) is 0.201. The van der Waals surface area contributed by atoms with E-state index >= 15 is 0 Å². The Morgan fingerprint density at radius 3 is 2.56 bits per heavy atom. The third-order valence-electron chi connectivity index (χ3n) is 6.69. The summed E-state index contributed by atoms with van der Waals surface area (Å²) in [6, 6.07) is 19.1. The number of hydrogen-bond acceptors (Lipinski definition) is 6. The molecule has 1 aliphatic heterocycles.